The molecule has 1 aromatic heterocycles. The van der Waals surface area contributed by atoms with Gasteiger partial charge in [-0.25, -0.2) is 4.98 Å². The van der Waals surface area contributed by atoms with Crippen molar-refractivity contribution >= 4 is 35.6 Å². The van der Waals surface area contributed by atoms with Gasteiger partial charge in [0.1, 0.15) is 9.35 Å². The Kier molecular flexibility index (Phi) is 7.88. The highest BCUT2D eigenvalue weighted by Crippen LogP contribution is 2.43. The molecule has 1 saturated carbocycles. The van der Waals surface area contributed by atoms with Gasteiger partial charge < -0.3 is 8.98 Å². The maximum Gasteiger partial charge on any atom is 0.192 e. The van der Waals surface area contributed by atoms with Gasteiger partial charge in [-0.05, 0) is 92.1 Å². The largest absolute Gasteiger partial charge is 0.598 e. The van der Waals surface area contributed by atoms with Crippen LogP contribution < -0.4 is 4.72 Å². The second-order valence-corrected chi connectivity index (χ2v) is 18.0. The van der Waals surface area contributed by atoms with E-state index < -0.39 is 19.7 Å². The van der Waals surface area contributed by atoms with Crippen LogP contribution in [0.1, 0.15) is 72.5 Å². The fraction of sp³-hybridized carbons (Fsp3) is 0.762. The van der Waals surface area contributed by atoms with Crippen molar-refractivity contribution in [1.82, 2.24) is 9.71 Å². The number of rotatable bonds is 6. The minimum Gasteiger partial charge on any atom is -0.598 e. The zero-order valence-corrected chi connectivity index (χ0v) is 22.0. The Morgan fingerprint density at radius 1 is 1.21 bits per heavy atom. The van der Waals surface area contributed by atoms with Gasteiger partial charge in [0.2, 0.25) is 0 Å². The number of halogens is 1. The first-order valence-electron chi connectivity index (χ1n) is 10.2. The van der Waals surface area contributed by atoms with E-state index >= 15 is 0 Å². The molecule has 2 rings (SSSR count). The maximum absolute atomic E-state index is 12.9. The van der Waals surface area contributed by atoms with Gasteiger partial charge >= 0.3 is 0 Å². The van der Waals surface area contributed by atoms with Crippen molar-refractivity contribution in [2.24, 2.45) is 5.92 Å². The maximum atomic E-state index is 12.9. The molecule has 1 N–H and O–H groups in total. The standard InChI is InChI=1S/C21H37BrN2O2SSi/c1-20(2,3)27(25)24-19(17-10-9-11-18(22)23-17)15-12-13-16(14-15)26-28(7,8)21(4,5)6/h9-11,15-16,19,24H,12-14H2,1-8H3/t15?,16?,19?,27-/m1/s1. The van der Waals surface area contributed by atoms with E-state index in [1.165, 1.54) is 0 Å². The van der Waals surface area contributed by atoms with Crippen molar-refractivity contribution in [3.8, 4) is 0 Å². The summed E-state index contributed by atoms with van der Waals surface area (Å²) in [6, 6.07) is 5.93. The van der Waals surface area contributed by atoms with Crippen LogP contribution in [0, 0.1) is 5.92 Å². The third-order valence-corrected chi connectivity index (χ3v) is 12.6. The number of nitrogens with zero attached hydrogens (tertiary/aromatic N) is 1. The van der Waals surface area contributed by atoms with Gasteiger partial charge in [-0.2, -0.15) is 0 Å². The van der Waals surface area contributed by atoms with E-state index in [0.29, 0.717) is 5.92 Å². The van der Waals surface area contributed by atoms with Crippen LogP contribution >= 0.6 is 15.9 Å². The zero-order chi connectivity index (χ0) is 21.3. The molecule has 0 bridgehead atoms. The number of nitrogens with one attached hydrogen (secondary N) is 1. The van der Waals surface area contributed by atoms with Crippen LogP contribution in [0.25, 0.3) is 0 Å². The predicted molar refractivity (Wildman–Crippen MR) is 125 cm³/mol. The average molecular weight is 490 g/mol. The van der Waals surface area contributed by atoms with Crippen molar-refractivity contribution < 1.29 is 8.98 Å². The SMILES string of the molecule is CC(C)(C)[S@@+]([O-])NC(c1cccc(Br)n1)C1CCC(O[Si](C)(C)C(C)(C)C)C1. The molecule has 7 heteroatoms. The summed E-state index contributed by atoms with van der Waals surface area (Å²) in [6.45, 7) is 17.5. The molecule has 0 radical (unpaired) electrons. The van der Waals surface area contributed by atoms with E-state index in [2.05, 4.69) is 59.5 Å². The molecule has 0 aromatic carbocycles. The summed E-state index contributed by atoms with van der Waals surface area (Å²) in [4.78, 5) is 4.68. The molecule has 3 unspecified atom stereocenters. The van der Waals surface area contributed by atoms with Crippen LogP contribution in [0.15, 0.2) is 22.8 Å². The Morgan fingerprint density at radius 2 is 1.86 bits per heavy atom. The first-order valence-corrected chi connectivity index (χ1v) is 15.0. The molecule has 28 heavy (non-hydrogen) atoms. The molecule has 0 spiro atoms. The second kappa shape index (κ2) is 9.06. The van der Waals surface area contributed by atoms with E-state index in [1.54, 1.807) is 0 Å². The highest BCUT2D eigenvalue weighted by Gasteiger charge is 2.43. The summed E-state index contributed by atoms with van der Waals surface area (Å²) >= 11 is 2.33. The van der Waals surface area contributed by atoms with E-state index in [4.69, 9.17) is 4.43 Å². The Bertz CT molecular complexity index is 661. The van der Waals surface area contributed by atoms with Crippen molar-refractivity contribution in [1.29, 1.82) is 0 Å². The fourth-order valence-electron chi connectivity index (χ4n) is 3.26. The van der Waals surface area contributed by atoms with Crippen LogP contribution in [-0.2, 0) is 15.8 Å². The molecule has 4 nitrogen and oxygen atoms in total. The van der Waals surface area contributed by atoms with Crippen LogP contribution in [0.5, 0.6) is 0 Å². The smallest absolute Gasteiger partial charge is 0.192 e. The lowest BCUT2D eigenvalue weighted by Gasteiger charge is -2.38. The number of pyridine rings is 1. The van der Waals surface area contributed by atoms with E-state index in [9.17, 15) is 4.55 Å². The molecule has 0 amide bonds. The Labute approximate surface area is 184 Å². The summed E-state index contributed by atoms with van der Waals surface area (Å²) in [5.74, 6) is 0.364. The van der Waals surface area contributed by atoms with Crippen molar-refractivity contribution in [2.45, 2.75) is 95.8 Å². The molecule has 1 aromatic rings. The molecule has 1 aliphatic carbocycles. The quantitative estimate of drug-likeness (QED) is 0.297. The zero-order valence-electron chi connectivity index (χ0n) is 18.6. The normalized spacial score (nSPS) is 23.6. The molecular weight excluding hydrogens is 452 g/mol. The van der Waals surface area contributed by atoms with Gasteiger partial charge in [0.15, 0.2) is 8.32 Å². The van der Waals surface area contributed by atoms with Crippen LogP contribution in [0.3, 0.4) is 0 Å². The molecule has 1 heterocycles. The molecule has 160 valence electrons. The first kappa shape index (κ1) is 24.3. The number of hydrogen-bond donors (Lipinski definition) is 1. The van der Waals surface area contributed by atoms with Gasteiger partial charge in [-0.3, -0.25) is 0 Å². The first-order chi connectivity index (χ1) is 12.7. The van der Waals surface area contributed by atoms with E-state index in [1.807, 2.05) is 39.0 Å². The topological polar surface area (TPSA) is 57.2 Å². The summed E-state index contributed by atoms with van der Waals surface area (Å²) in [6.07, 6.45) is 3.39. The lowest BCUT2D eigenvalue weighted by atomic mass is 9.96. The Morgan fingerprint density at radius 3 is 2.39 bits per heavy atom. The molecule has 0 saturated heterocycles. The lowest BCUT2D eigenvalue weighted by molar-refractivity contribution is 0.179. The van der Waals surface area contributed by atoms with Gasteiger partial charge in [-0.1, -0.05) is 26.8 Å². The van der Waals surface area contributed by atoms with E-state index in [-0.39, 0.29) is 21.9 Å². The number of aromatic nitrogens is 1. The van der Waals surface area contributed by atoms with E-state index in [0.717, 1.165) is 29.6 Å². The molecule has 0 aliphatic heterocycles. The molecule has 4 atom stereocenters. The second-order valence-electron chi connectivity index (χ2n) is 10.4. The average Bonchev–Trinajstić information content (AvgIpc) is 2.97. The fourth-order valence-corrected chi connectivity index (χ4v) is 5.92. The van der Waals surface area contributed by atoms with Crippen LogP contribution in [0.4, 0.5) is 0 Å². The predicted octanol–water partition coefficient (Wildman–Crippen LogP) is 6.13. The van der Waals surface area contributed by atoms with Gasteiger partial charge in [0.05, 0.1) is 11.7 Å². The van der Waals surface area contributed by atoms with Gasteiger partial charge in [0, 0.05) is 17.5 Å². The van der Waals surface area contributed by atoms with Crippen molar-refractivity contribution in [3.63, 3.8) is 0 Å². The van der Waals surface area contributed by atoms with Crippen LogP contribution in [-0.4, -0.2) is 28.7 Å². The van der Waals surface area contributed by atoms with Crippen molar-refractivity contribution in [3.05, 3.63) is 28.5 Å². The van der Waals surface area contributed by atoms with Gasteiger partial charge in [0.25, 0.3) is 0 Å². The third-order valence-electron chi connectivity index (χ3n) is 6.01. The summed E-state index contributed by atoms with van der Waals surface area (Å²) in [5.41, 5.74) is 0.949. The molecule has 1 fully saturated rings. The number of hydrogen-bond acceptors (Lipinski definition) is 4. The van der Waals surface area contributed by atoms with Crippen LogP contribution in [0.2, 0.25) is 18.1 Å². The summed E-state index contributed by atoms with van der Waals surface area (Å²) in [7, 11) is -1.79. The monoisotopic (exact) mass is 488 g/mol. The van der Waals surface area contributed by atoms with Gasteiger partial charge in [-0.15, -0.1) is 4.72 Å². The van der Waals surface area contributed by atoms with Crippen molar-refractivity contribution in [2.75, 3.05) is 0 Å². The highest BCUT2D eigenvalue weighted by molar-refractivity contribution is 9.10. The Balaban J connectivity index is 2.18. The minimum absolute atomic E-state index is 0.0365. The summed E-state index contributed by atoms with van der Waals surface area (Å²) < 4.78 is 23.4. The highest BCUT2D eigenvalue weighted by atomic mass is 79.9. The minimum atomic E-state index is -1.79. The molecular formula is C21H37BrN2O2SSi. The summed E-state index contributed by atoms with van der Waals surface area (Å²) in [5, 5.41) is 0.211. The lowest BCUT2D eigenvalue weighted by Crippen LogP contribution is -2.44. The Hall–Kier alpha value is 0.0769. The third kappa shape index (κ3) is 6.29. The molecule has 1 aliphatic rings.